The van der Waals surface area contributed by atoms with Crippen molar-refractivity contribution in [1.29, 1.82) is 0 Å². The summed E-state index contributed by atoms with van der Waals surface area (Å²) in [6.07, 6.45) is 0. The van der Waals surface area contributed by atoms with Crippen LogP contribution >= 0.6 is 0 Å². The second kappa shape index (κ2) is 5.65. The van der Waals surface area contributed by atoms with Crippen LogP contribution in [-0.2, 0) is 4.12 Å². The molecule has 0 N–H and O–H groups in total. The Balaban J connectivity index is 5.25. The Morgan fingerprint density at radius 2 is 0.733 bits per heavy atom. The van der Waals surface area contributed by atoms with Crippen molar-refractivity contribution in [2.24, 2.45) is 0 Å². The van der Waals surface area contributed by atoms with Crippen molar-refractivity contribution in [1.82, 2.24) is 0 Å². The Bertz CT molecular complexity index is 231. The van der Waals surface area contributed by atoms with Gasteiger partial charge in [0.05, 0.1) is 0 Å². The molecule has 0 spiro atoms. The van der Waals surface area contributed by atoms with Gasteiger partial charge in [-0.1, -0.05) is 34.2 Å². The fourth-order valence-electron chi connectivity index (χ4n) is 1.06. The Morgan fingerprint density at radius 1 is 0.533 bits per heavy atom. The highest BCUT2D eigenvalue weighted by molar-refractivity contribution is 7.00. The number of rotatable bonds is 8. The minimum Gasteiger partial charge on any atom is -0.437 e. The van der Waals surface area contributed by atoms with Crippen LogP contribution in [-0.4, -0.2) is 16.6 Å². The fourth-order valence-corrected chi connectivity index (χ4v) is 6.51. The molecule has 0 aromatic heterocycles. The predicted molar refractivity (Wildman–Crippen MR) is 73.8 cm³/mol. The lowest BCUT2D eigenvalue weighted by molar-refractivity contribution is 0.594. The molecule has 0 amide bonds. The molecule has 0 radical (unpaired) electrons. The highest BCUT2D eigenvalue weighted by atomic mass is 28.4. The maximum Gasteiger partial charge on any atom is 0.254 e. The summed E-state index contributed by atoms with van der Waals surface area (Å²) in [6.45, 7) is 22.7. The highest BCUT2D eigenvalue weighted by Gasteiger charge is 2.34. The van der Waals surface area contributed by atoms with Crippen LogP contribution in [0.15, 0.2) is 73.7 Å². The van der Waals surface area contributed by atoms with Gasteiger partial charge in [-0.25, -0.2) is 0 Å². The van der Waals surface area contributed by atoms with Gasteiger partial charge in [-0.3, -0.25) is 0 Å². The standard InChI is InChI=1S/C12H18OSi2/c1-7-14(8-2,9-3)13-15(10-4,11-5)12-6/h7-12H,1-6H2. The third kappa shape index (κ3) is 2.89. The van der Waals surface area contributed by atoms with E-state index in [0.29, 0.717) is 0 Å². The van der Waals surface area contributed by atoms with Gasteiger partial charge in [0, 0.05) is 0 Å². The van der Waals surface area contributed by atoms with E-state index in [1.165, 1.54) is 0 Å². The maximum absolute atomic E-state index is 6.09. The van der Waals surface area contributed by atoms with Crippen LogP contribution in [0.3, 0.4) is 0 Å². The smallest absolute Gasteiger partial charge is 0.254 e. The molecule has 3 heteroatoms. The third-order valence-electron chi connectivity index (χ3n) is 2.27. The van der Waals surface area contributed by atoms with E-state index < -0.39 is 16.6 Å². The molecule has 0 saturated heterocycles. The summed E-state index contributed by atoms with van der Waals surface area (Å²) in [4.78, 5) is 0. The summed E-state index contributed by atoms with van der Waals surface area (Å²) < 4.78 is 6.09. The molecule has 0 rings (SSSR count). The van der Waals surface area contributed by atoms with Crippen molar-refractivity contribution in [3.05, 3.63) is 73.7 Å². The molecule has 0 saturated carbocycles. The van der Waals surface area contributed by atoms with Crippen LogP contribution < -0.4 is 0 Å². The van der Waals surface area contributed by atoms with Gasteiger partial charge in [-0.05, 0) is 0 Å². The van der Waals surface area contributed by atoms with Crippen molar-refractivity contribution in [3.8, 4) is 0 Å². The molecule has 15 heavy (non-hydrogen) atoms. The first-order chi connectivity index (χ1) is 7.07. The largest absolute Gasteiger partial charge is 0.437 e. The maximum atomic E-state index is 6.09. The highest BCUT2D eigenvalue weighted by Crippen LogP contribution is 2.19. The van der Waals surface area contributed by atoms with Gasteiger partial charge in [0.25, 0.3) is 16.6 Å². The van der Waals surface area contributed by atoms with Crippen LogP contribution in [0.2, 0.25) is 0 Å². The second-order valence-corrected chi connectivity index (χ2v) is 9.71. The van der Waals surface area contributed by atoms with Gasteiger partial charge in [0.2, 0.25) is 0 Å². The van der Waals surface area contributed by atoms with Gasteiger partial charge in [-0.15, -0.1) is 39.5 Å². The van der Waals surface area contributed by atoms with E-state index >= 15 is 0 Å². The van der Waals surface area contributed by atoms with Crippen LogP contribution in [0.25, 0.3) is 0 Å². The fraction of sp³-hybridized carbons (Fsp3) is 0. The minimum absolute atomic E-state index is 1.78. The molecule has 80 valence electrons. The van der Waals surface area contributed by atoms with Gasteiger partial charge in [0.15, 0.2) is 0 Å². The normalized spacial score (nSPS) is 11.2. The van der Waals surface area contributed by atoms with Crippen molar-refractivity contribution in [2.45, 2.75) is 0 Å². The minimum atomic E-state index is -2.28. The molecular formula is C12H18OSi2. The van der Waals surface area contributed by atoms with Gasteiger partial charge >= 0.3 is 0 Å². The average molecular weight is 234 g/mol. The zero-order valence-corrected chi connectivity index (χ0v) is 11.1. The molecule has 0 aromatic carbocycles. The van der Waals surface area contributed by atoms with Crippen molar-refractivity contribution in [2.75, 3.05) is 0 Å². The predicted octanol–water partition coefficient (Wildman–Crippen LogP) is 3.25. The van der Waals surface area contributed by atoms with Crippen LogP contribution in [0.5, 0.6) is 0 Å². The van der Waals surface area contributed by atoms with Gasteiger partial charge in [-0.2, -0.15) is 0 Å². The molecule has 0 bridgehead atoms. The molecule has 0 atom stereocenters. The summed E-state index contributed by atoms with van der Waals surface area (Å²) in [7, 11) is -4.55. The Hall–Kier alpha value is -1.17. The molecule has 0 heterocycles. The quantitative estimate of drug-likeness (QED) is 0.586. The van der Waals surface area contributed by atoms with Crippen molar-refractivity contribution < 1.29 is 4.12 Å². The SMILES string of the molecule is C=C[Si](C=C)(C=C)O[Si](C=C)(C=C)C=C. The van der Waals surface area contributed by atoms with E-state index in [-0.39, 0.29) is 0 Å². The molecule has 0 aliphatic rings. The zero-order chi connectivity index (χ0) is 11.9. The molecular weight excluding hydrogens is 216 g/mol. The van der Waals surface area contributed by atoms with Crippen LogP contribution in [0.4, 0.5) is 0 Å². The summed E-state index contributed by atoms with van der Waals surface area (Å²) in [5.74, 6) is 0. The molecule has 0 aliphatic heterocycles. The number of hydrogen-bond donors (Lipinski definition) is 0. The zero-order valence-electron chi connectivity index (χ0n) is 9.11. The summed E-state index contributed by atoms with van der Waals surface area (Å²) in [5.41, 5.74) is 10.7. The van der Waals surface area contributed by atoms with E-state index in [9.17, 15) is 0 Å². The first-order valence-corrected chi connectivity index (χ1v) is 8.87. The van der Waals surface area contributed by atoms with Crippen molar-refractivity contribution in [3.63, 3.8) is 0 Å². The van der Waals surface area contributed by atoms with E-state index in [1.54, 1.807) is 34.2 Å². The number of hydrogen-bond acceptors (Lipinski definition) is 1. The summed E-state index contributed by atoms with van der Waals surface area (Å²) in [5, 5.41) is 0. The van der Waals surface area contributed by atoms with E-state index in [2.05, 4.69) is 39.5 Å². The summed E-state index contributed by atoms with van der Waals surface area (Å²) >= 11 is 0. The average Bonchev–Trinajstić information content (AvgIpc) is 2.33. The van der Waals surface area contributed by atoms with E-state index in [0.717, 1.165) is 0 Å². The first kappa shape index (κ1) is 13.8. The Morgan fingerprint density at radius 3 is 0.867 bits per heavy atom. The van der Waals surface area contributed by atoms with Gasteiger partial charge < -0.3 is 4.12 Å². The topological polar surface area (TPSA) is 9.23 Å². The lowest BCUT2D eigenvalue weighted by Crippen LogP contribution is -2.46. The Kier molecular flexibility index (Phi) is 5.21. The summed E-state index contributed by atoms with van der Waals surface area (Å²) in [6, 6.07) is 0. The van der Waals surface area contributed by atoms with E-state index in [1.807, 2.05) is 0 Å². The molecule has 1 nitrogen and oxygen atoms in total. The lowest BCUT2D eigenvalue weighted by Gasteiger charge is -2.31. The second-order valence-electron chi connectivity index (χ2n) is 3.03. The molecule has 0 fully saturated rings. The van der Waals surface area contributed by atoms with Crippen LogP contribution in [0, 0.1) is 0 Å². The van der Waals surface area contributed by atoms with Crippen LogP contribution in [0.1, 0.15) is 0 Å². The molecule has 0 aromatic rings. The first-order valence-electron chi connectivity index (χ1n) is 4.59. The molecule has 0 aliphatic carbocycles. The van der Waals surface area contributed by atoms with E-state index in [4.69, 9.17) is 4.12 Å². The van der Waals surface area contributed by atoms with Crippen molar-refractivity contribution >= 4 is 16.6 Å². The lowest BCUT2D eigenvalue weighted by atomic mass is 11.2. The monoisotopic (exact) mass is 234 g/mol. The third-order valence-corrected chi connectivity index (χ3v) is 8.92. The van der Waals surface area contributed by atoms with Gasteiger partial charge in [0.1, 0.15) is 0 Å². The molecule has 0 unspecified atom stereocenters. The Labute approximate surface area is 94.7 Å².